The quantitative estimate of drug-likeness (QED) is 0.743. The minimum absolute atomic E-state index is 0.0165. The Morgan fingerprint density at radius 1 is 1.08 bits per heavy atom. The smallest absolute Gasteiger partial charge is 0.224 e. The van der Waals surface area contributed by atoms with Crippen LogP contribution in [-0.2, 0) is 11.2 Å². The molecule has 1 unspecified atom stereocenters. The molecule has 122 valence electrons. The van der Waals surface area contributed by atoms with Gasteiger partial charge in [0.2, 0.25) is 5.91 Å². The fourth-order valence-corrected chi connectivity index (χ4v) is 3.33. The molecule has 2 aromatic carbocycles. The molecule has 0 bridgehead atoms. The minimum atomic E-state index is -0.0557. The highest BCUT2D eigenvalue weighted by Crippen LogP contribution is 2.20. The van der Waals surface area contributed by atoms with Gasteiger partial charge in [0.25, 0.3) is 0 Å². The average molecular weight is 336 g/mol. The number of rotatable bonds is 5. The van der Waals surface area contributed by atoms with Crippen molar-refractivity contribution in [3.63, 3.8) is 0 Å². The fraction of sp³-hybridized carbons (Fsp3) is 0.200. The molecule has 0 fully saturated rings. The van der Waals surface area contributed by atoms with Gasteiger partial charge in [-0.1, -0.05) is 54.6 Å². The van der Waals surface area contributed by atoms with Crippen molar-refractivity contribution in [3.05, 3.63) is 76.2 Å². The Labute approximate surface area is 146 Å². The van der Waals surface area contributed by atoms with E-state index in [2.05, 4.69) is 34.6 Å². The first-order chi connectivity index (χ1) is 11.6. The van der Waals surface area contributed by atoms with Crippen LogP contribution in [0.4, 0.5) is 0 Å². The number of carbonyl (C=O) groups excluding carboxylic acids is 1. The predicted octanol–water partition coefficient (Wildman–Crippen LogP) is 4.54. The van der Waals surface area contributed by atoms with Crippen LogP contribution in [0.2, 0.25) is 0 Å². The summed E-state index contributed by atoms with van der Waals surface area (Å²) in [6.07, 6.45) is 2.22. The summed E-state index contributed by atoms with van der Waals surface area (Å²) in [5, 5.41) is 3.96. The zero-order valence-electron chi connectivity index (χ0n) is 13.8. The second-order valence-corrected chi connectivity index (χ2v) is 7.10. The van der Waals surface area contributed by atoms with Crippen LogP contribution in [0.15, 0.2) is 60.8 Å². The summed E-state index contributed by atoms with van der Waals surface area (Å²) < 4.78 is 0. The third-order valence-electron chi connectivity index (χ3n) is 3.81. The van der Waals surface area contributed by atoms with Gasteiger partial charge >= 0.3 is 0 Å². The van der Waals surface area contributed by atoms with E-state index < -0.39 is 0 Å². The van der Waals surface area contributed by atoms with E-state index in [1.807, 2.05) is 50.4 Å². The molecule has 24 heavy (non-hydrogen) atoms. The van der Waals surface area contributed by atoms with Crippen molar-refractivity contribution < 1.29 is 4.79 Å². The molecular weight excluding hydrogens is 316 g/mol. The van der Waals surface area contributed by atoms with Gasteiger partial charge in [-0.15, -0.1) is 11.3 Å². The fourth-order valence-electron chi connectivity index (χ4n) is 2.56. The zero-order valence-corrected chi connectivity index (χ0v) is 14.6. The second kappa shape index (κ2) is 7.41. The van der Waals surface area contributed by atoms with Crippen LogP contribution >= 0.6 is 11.3 Å². The first-order valence-corrected chi connectivity index (χ1v) is 8.79. The van der Waals surface area contributed by atoms with Crippen molar-refractivity contribution in [2.45, 2.75) is 26.3 Å². The maximum atomic E-state index is 12.2. The first kappa shape index (κ1) is 16.4. The highest BCUT2D eigenvalue weighted by Gasteiger charge is 2.13. The number of hydrogen-bond acceptors (Lipinski definition) is 3. The lowest BCUT2D eigenvalue weighted by Crippen LogP contribution is -2.28. The van der Waals surface area contributed by atoms with E-state index in [0.29, 0.717) is 6.42 Å². The predicted molar refractivity (Wildman–Crippen MR) is 99.0 cm³/mol. The average Bonchev–Trinajstić information content (AvgIpc) is 3.03. The van der Waals surface area contributed by atoms with Gasteiger partial charge in [0, 0.05) is 11.1 Å². The van der Waals surface area contributed by atoms with E-state index >= 15 is 0 Å². The van der Waals surface area contributed by atoms with Crippen molar-refractivity contribution in [1.29, 1.82) is 0 Å². The van der Waals surface area contributed by atoms with E-state index in [1.165, 1.54) is 5.56 Å². The van der Waals surface area contributed by atoms with Crippen LogP contribution in [-0.4, -0.2) is 10.9 Å². The number of aryl methyl sites for hydroxylation is 1. The van der Waals surface area contributed by atoms with E-state index in [9.17, 15) is 4.79 Å². The summed E-state index contributed by atoms with van der Waals surface area (Å²) in [7, 11) is 0. The summed E-state index contributed by atoms with van der Waals surface area (Å²) in [5.74, 6) is 0.0165. The molecule has 1 atom stereocenters. The third-order valence-corrected chi connectivity index (χ3v) is 4.91. The Morgan fingerprint density at radius 2 is 1.75 bits per heavy atom. The summed E-state index contributed by atoms with van der Waals surface area (Å²) in [5.41, 5.74) is 3.35. The van der Waals surface area contributed by atoms with Gasteiger partial charge in [0.15, 0.2) is 0 Å². The molecule has 0 saturated carbocycles. The lowest BCUT2D eigenvalue weighted by Gasteiger charge is -2.11. The van der Waals surface area contributed by atoms with Gasteiger partial charge in [0.1, 0.15) is 5.01 Å². The van der Waals surface area contributed by atoms with Crippen molar-refractivity contribution in [2.24, 2.45) is 0 Å². The van der Waals surface area contributed by atoms with Gasteiger partial charge < -0.3 is 5.32 Å². The minimum Gasteiger partial charge on any atom is -0.347 e. The Hall–Kier alpha value is -2.46. The summed E-state index contributed by atoms with van der Waals surface area (Å²) in [6.45, 7) is 3.98. The SMILES string of the molecule is Cc1cnc(C(C)NC(=O)Cc2ccc(-c3ccccc3)cc2)s1. The molecule has 1 heterocycles. The highest BCUT2D eigenvalue weighted by atomic mass is 32.1. The maximum absolute atomic E-state index is 12.2. The van der Waals surface area contributed by atoms with Crippen molar-refractivity contribution in [3.8, 4) is 11.1 Å². The van der Waals surface area contributed by atoms with Crippen LogP contribution < -0.4 is 5.32 Å². The monoisotopic (exact) mass is 336 g/mol. The number of hydrogen-bond donors (Lipinski definition) is 1. The number of thiazole rings is 1. The Bertz CT molecular complexity index is 809. The zero-order chi connectivity index (χ0) is 16.9. The van der Waals surface area contributed by atoms with Gasteiger partial charge in [-0.05, 0) is 30.5 Å². The summed E-state index contributed by atoms with van der Waals surface area (Å²) in [6, 6.07) is 18.3. The molecule has 0 aliphatic rings. The molecule has 4 heteroatoms. The molecule has 0 aliphatic heterocycles. The van der Waals surface area contributed by atoms with Gasteiger partial charge in [-0.2, -0.15) is 0 Å². The third kappa shape index (κ3) is 4.09. The molecule has 0 spiro atoms. The highest BCUT2D eigenvalue weighted by molar-refractivity contribution is 7.11. The van der Waals surface area contributed by atoms with Crippen molar-refractivity contribution in [2.75, 3.05) is 0 Å². The normalized spacial score (nSPS) is 11.9. The molecule has 0 aliphatic carbocycles. The Balaban J connectivity index is 1.60. The maximum Gasteiger partial charge on any atom is 0.224 e. The van der Waals surface area contributed by atoms with E-state index in [4.69, 9.17) is 0 Å². The molecule has 3 nitrogen and oxygen atoms in total. The van der Waals surface area contributed by atoms with Gasteiger partial charge in [0.05, 0.1) is 12.5 Å². The molecular formula is C20H20N2OS. The Kier molecular flexibility index (Phi) is 5.06. The number of nitrogens with one attached hydrogen (secondary N) is 1. The number of aromatic nitrogens is 1. The number of benzene rings is 2. The van der Waals surface area contributed by atoms with Gasteiger partial charge in [-0.25, -0.2) is 4.98 Å². The summed E-state index contributed by atoms with van der Waals surface area (Å²) >= 11 is 1.62. The lowest BCUT2D eigenvalue weighted by atomic mass is 10.0. The topological polar surface area (TPSA) is 42.0 Å². The van der Waals surface area contributed by atoms with Crippen LogP contribution in [0.25, 0.3) is 11.1 Å². The lowest BCUT2D eigenvalue weighted by molar-refractivity contribution is -0.121. The van der Waals surface area contributed by atoms with Crippen LogP contribution in [0, 0.1) is 6.92 Å². The molecule has 3 rings (SSSR count). The number of amides is 1. The Morgan fingerprint density at radius 3 is 2.38 bits per heavy atom. The van der Waals surface area contributed by atoms with E-state index in [-0.39, 0.29) is 11.9 Å². The van der Waals surface area contributed by atoms with Crippen LogP contribution in [0.5, 0.6) is 0 Å². The number of carbonyl (C=O) groups is 1. The number of nitrogens with zero attached hydrogens (tertiary/aromatic N) is 1. The molecule has 1 N–H and O–H groups in total. The molecule has 0 radical (unpaired) electrons. The largest absolute Gasteiger partial charge is 0.347 e. The first-order valence-electron chi connectivity index (χ1n) is 7.98. The van der Waals surface area contributed by atoms with Crippen molar-refractivity contribution in [1.82, 2.24) is 10.3 Å². The van der Waals surface area contributed by atoms with Gasteiger partial charge in [-0.3, -0.25) is 4.79 Å². The van der Waals surface area contributed by atoms with Crippen molar-refractivity contribution >= 4 is 17.2 Å². The summed E-state index contributed by atoms with van der Waals surface area (Å²) in [4.78, 5) is 17.7. The van der Waals surface area contributed by atoms with Crippen LogP contribution in [0.1, 0.15) is 28.4 Å². The van der Waals surface area contributed by atoms with E-state index in [0.717, 1.165) is 21.0 Å². The van der Waals surface area contributed by atoms with Crippen LogP contribution in [0.3, 0.4) is 0 Å². The standard InChI is InChI=1S/C20H20N2OS/c1-14-13-21-20(24-14)15(2)22-19(23)12-16-8-10-18(11-9-16)17-6-4-3-5-7-17/h3-11,13,15H,12H2,1-2H3,(H,22,23). The second-order valence-electron chi connectivity index (χ2n) is 5.84. The molecule has 1 amide bonds. The molecule has 1 aromatic heterocycles. The van der Waals surface area contributed by atoms with E-state index in [1.54, 1.807) is 11.3 Å². The molecule has 0 saturated heterocycles. The molecule has 3 aromatic rings.